The van der Waals surface area contributed by atoms with Crippen molar-refractivity contribution in [3.05, 3.63) is 58.4 Å². The van der Waals surface area contributed by atoms with E-state index in [0.717, 1.165) is 5.56 Å². The summed E-state index contributed by atoms with van der Waals surface area (Å²) in [6.07, 6.45) is 0. The Hall–Kier alpha value is -2.90. The highest BCUT2D eigenvalue weighted by Crippen LogP contribution is 2.33. The van der Waals surface area contributed by atoms with Gasteiger partial charge in [0.25, 0.3) is 11.8 Å². The Morgan fingerprint density at radius 1 is 1.27 bits per heavy atom. The summed E-state index contributed by atoms with van der Waals surface area (Å²) in [6.45, 7) is 0.0166. The zero-order chi connectivity index (χ0) is 18.1. The van der Waals surface area contributed by atoms with E-state index in [1.807, 2.05) is 11.4 Å². The van der Waals surface area contributed by atoms with Gasteiger partial charge in [0, 0.05) is 21.5 Å². The number of carbonyl (C=O) groups excluding carboxylic acids is 2. The van der Waals surface area contributed by atoms with E-state index in [2.05, 4.69) is 15.6 Å². The molecule has 0 fully saturated rings. The number of aromatic nitrogens is 1. The first kappa shape index (κ1) is 16.6. The summed E-state index contributed by atoms with van der Waals surface area (Å²) in [5.74, 6) is 0.153. The number of hydrogen-bond donors (Lipinski definition) is 2. The number of nitrogens with one attached hydrogen (secondary N) is 2. The van der Waals surface area contributed by atoms with Crippen molar-refractivity contribution in [1.82, 2.24) is 4.98 Å². The maximum atomic E-state index is 12.3. The molecule has 130 valence electrons. The second kappa shape index (κ2) is 6.78. The fourth-order valence-electron chi connectivity index (χ4n) is 2.51. The molecule has 6 nitrogen and oxygen atoms in total. The third kappa shape index (κ3) is 3.40. The average molecular weight is 386 g/mol. The molecule has 1 aliphatic rings. The molecule has 0 saturated heterocycles. The highest BCUT2D eigenvalue weighted by molar-refractivity contribution is 7.14. The molecule has 0 radical (unpaired) electrons. The van der Waals surface area contributed by atoms with Crippen molar-refractivity contribution in [2.24, 2.45) is 0 Å². The molecule has 0 bridgehead atoms. The summed E-state index contributed by atoms with van der Waals surface area (Å²) in [4.78, 5) is 28.2. The van der Waals surface area contributed by atoms with Crippen molar-refractivity contribution in [3.63, 3.8) is 0 Å². The molecule has 2 heterocycles. The van der Waals surface area contributed by atoms with E-state index in [9.17, 15) is 9.59 Å². The van der Waals surface area contributed by atoms with Crippen LogP contribution in [-0.2, 0) is 4.79 Å². The van der Waals surface area contributed by atoms with Crippen LogP contribution in [0, 0.1) is 0 Å². The second-order valence-corrected chi connectivity index (χ2v) is 6.84. The number of benzene rings is 2. The zero-order valence-corrected chi connectivity index (χ0v) is 14.9. The number of anilines is 2. The number of ether oxygens (including phenoxy) is 1. The molecule has 8 heteroatoms. The van der Waals surface area contributed by atoms with Gasteiger partial charge in [0.1, 0.15) is 5.75 Å². The van der Waals surface area contributed by atoms with E-state index in [-0.39, 0.29) is 18.4 Å². The molecule has 1 aromatic heterocycles. The maximum Gasteiger partial charge on any atom is 0.262 e. The van der Waals surface area contributed by atoms with Crippen LogP contribution in [0.15, 0.2) is 47.8 Å². The molecule has 0 atom stereocenters. The van der Waals surface area contributed by atoms with Crippen molar-refractivity contribution in [2.45, 2.75) is 0 Å². The van der Waals surface area contributed by atoms with E-state index in [1.54, 1.807) is 36.4 Å². The Kier molecular flexibility index (Phi) is 4.32. The van der Waals surface area contributed by atoms with Crippen molar-refractivity contribution < 1.29 is 14.3 Å². The molecule has 3 aromatic rings. The number of amides is 2. The Bertz CT molecular complexity index is 1020. The number of nitrogens with zero attached hydrogens (tertiary/aromatic N) is 1. The number of thiazole rings is 1. The first-order valence-corrected chi connectivity index (χ1v) is 8.94. The van der Waals surface area contributed by atoms with E-state index < -0.39 is 0 Å². The van der Waals surface area contributed by atoms with E-state index in [0.29, 0.717) is 32.8 Å². The van der Waals surface area contributed by atoms with Gasteiger partial charge in [0.15, 0.2) is 11.7 Å². The molecule has 26 heavy (non-hydrogen) atoms. The monoisotopic (exact) mass is 385 g/mol. The van der Waals surface area contributed by atoms with Crippen LogP contribution in [-0.4, -0.2) is 23.4 Å². The number of hydrogen-bond acceptors (Lipinski definition) is 5. The van der Waals surface area contributed by atoms with Crippen LogP contribution in [0.25, 0.3) is 11.3 Å². The minimum Gasteiger partial charge on any atom is -0.482 e. The van der Waals surface area contributed by atoms with Gasteiger partial charge in [-0.1, -0.05) is 17.7 Å². The summed E-state index contributed by atoms with van der Waals surface area (Å²) in [6, 6.07) is 12.1. The van der Waals surface area contributed by atoms with E-state index >= 15 is 0 Å². The molecule has 2 N–H and O–H groups in total. The molecular weight excluding hydrogens is 374 g/mol. The van der Waals surface area contributed by atoms with Crippen LogP contribution in [0.5, 0.6) is 5.75 Å². The molecule has 2 amide bonds. The van der Waals surface area contributed by atoms with Gasteiger partial charge >= 0.3 is 0 Å². The fourth-order valence-corrected chi connectivity index (χ4v) is 3.41. The van der Waals surface area contributed by atoms with E-state index in [1.165, 1.54) is 11.3 Å². The lowest BCUT2D eigenvalue weighted by Crippen LogP contribution is -2.25. The Labute approximate surface area is 157 Å². The van der Waals surface area contributed by atoms with Gasteiger partial charge < -0.3 is 10.1 Å². The van der Waals surface area contributed by atoms with Crippen LogP contribution in [0.4, 0.5) is 10.8 Å². The van der Waals surface area contributed by atoms with Gasteiger partial charge in [-0.2, -0.15) is 0 Å². The minimum absolute atomic E-state index is 0.0166. The highest BCUT2D eigenvalue weighted by atomic mass is 35.5. The third-order valence-corrected chi connectivity index (χ3v) is 4.71. The fraction of sp³-hybridized carbons (Fsp3) is 0.0556. The van der Waals surface area contributed by atoms with Gasteiger partial charge in [0.2, 0.25) is 0 Å². The Balaban J connectivity index is 1.54. The summed E-state index contributed by atoms with van der Waals surface area (Å²) in [5.41, 5.74) is 2.58. The minimum atomic E-state index is -0.278. The summed E-state index contributed by atoms with van der Waals surface area (Å²) < 4.78 is 5.35. The van der Waals surface area contributed by atoms with Crippen LogP contribution >= 0.6 is 22.9 Å². The molecule has 0 spiro atoms. The second-order valence-electron chi connectivity index (χ2n) is 5.55. The van der Waals surface area contributed by atoms with Crippen molar-refractivity contribution in [2.75, 3.05) is 17.2 Å². The number of carbonyl (C=O) groups is 2. The van der Waals surface area contributed by atoms with Crippen LogP contribution in [0.1, 0.15) is 10.4 Å². The summed E-state index contributed by atoms with van der Waals surface area (Å²) >= 11 is 7.23. The van der Waals surface area contributed by atoms with Gasteiger partial charge in [-0.3, -0.25) is 14.9 Å². The van der Waals surface area contributed by atoms with Crippen LogP contribution < -0.4 is 15.4 Å². The van der Waals surface area contributed by atoms with Crippen molar-refractivity contribution in [1.29, 1.82) is 0 Å². The van der Waals surface area contributed by atoms with Gasteiger partial charge in [-0.15, -0.1) is 11.3 Å². The molecule has 0 saturated carbocycles. The van der Waals surface area contributed by atoms with Gasteiger partial charge in [0.05, 0.1) is 11.4 Å². The van der Waals surface area contributed by atoms with Crippen LogP contribution in [0.3, 0.4) is 0 Å². The zero-order valence-electron chi connectivity index (χ0n) is 13.3. The molecule has 0 unspecified atom stereocenters. The lowest BCUT2D eigenvalue weighted by molar-refractivity contribution is -0.118. The Morgan fingerprint density at radius 2 is 2.15 bits per heavy atom. The SMILES string of the molecule is O=C1COc2ccc(-c3csc(NC(=O)c4cccc(Cl)c4)n3)cc2N1. The van der Waals surface area contributed by atoms with E-state index in [4.69, 9.17) is 16.3 Å². The first-order valence-electron chi connectivity index (χ1n) is 7.68. The lowest BCUT2D eigenvalue weighted by atomic mass is 10.1. The smallest absolute Gasteiger partial charge is 0.262 e. The third-order valence-electron chi connectivity index (χ3n) is 3.72. The average Bonchev–Trinajstić information content (AvgIpc) is 3.09. The van der Waals surface area contributed by atoms with Gasteiger partial charge in [-0.25, -0.2) is 4.98 Å². The topological polar surface area (TPSA) is 80.3 Å². The predicted molar refractivity (Wildman–Crippen MR) is 101 cm³/mol. The standard InChI is InChI=1S/C18H12ClN3O3S/c19-12-3-1-2-11(6-12)17(24)22-18-21-14(9-26-18)10-4-5-15-13(7-10)20-16(23)8-25-15/h1-7,9H,8H2,(H,20,23)(H,21,22,24). The quantitative estimate of drug-likeness (QED) is 0.712. The molecule has 1 aliphatic heterocycles. The highest BCUT2D eigenvalue weighted by Gasteiger charge is 2.17. The predicted octanol–water partition coefficient (Wildman–Crippen LogP) is 4.05. The molecular formula is C18H12ClN3O3S. The molecule has 4 rings (SSSR count). The molecule has 0 aliphatic carbocycles. The number of halogens is 1. The number of rotatable bonds is 3. The number of fused-ring (bicyclic) bond motifs is 1. The lowest BCUT2D eigenvalue weighted by Gasteiger charge is -2.18. The largest absolute Gasteiger partial charge is 0.482 e. The maximum absolute atomic E-state index is 12.3. The van der Waals surface area contributed by atoms with Crippen LogP contribution in [0.2, 0.25) is 5.02 Å². The Morgan fingerprint density at radius 3 is 3.00 bits per heavy atom. The summed E-state index contributed by atoms with van der Waals surface area (Å²) in [7, 11) is 0. The van der Waals surface area contributed by atoms with Gasteiger partial charge in [-0.05, 0) is 36.4 Å². The van der Waals surface area contributed by atoms with Crippen molar-refractivity contribution >= 4 is 45.6 Å². The first-order chi connectivity index (χ1) is 12.6. The summed E-state index contributed by atoms with van der Waals surface area (Å²) in [5, 5.41) is 8.33. The van der Waals surface area contributed by atoms with Crippen molar-refractivity contribution in [3.8, 4) is 17.0 Å². The molecule has 2 aromatic carbocycles. The normalized spacial score (nSPS) is 12.7.